The molecule has 0 atom stereocenters. The molecule has 1 aromatic rings. The summed E-state index contributed by atoms with van der Waals surface area (Å²) in [6, 6.07) is 2.77. The molecule has 0 heterocycles. The van der Waals surface area contributed by atoms with Crippen LogP contribution >= 0.6 is 31.9 Å². The van der Waals surface area contributed by atoms with Gasteiger partial charge in [-0.1, -0.05) is 13.8 Å². The van der Waals surface area contributed by atoms with E-state index in [1.807, 2.05) is 13.8 Å². The summed E-state index contributed by atoms with van der Waals surface area (Å²) in [7, 11) is 0. The monoisotopic (exact) mass is 407 g/mol. The maximum Gasteiger partial charge on any atom is 0.271 e. The average molecular weight is 409 g/mol. The van der Waals surface area contributed by atoms with E-state index in [1.165, 1.54) is 12.1 Å². The number of hydrogen-bond donors (Lipinski definition) is 2. The fraction of sp³-hybridized carbons (Fsp3) is 0.417. The maximum absolute atomic E-state index is 10.7. The zero-order valence-electron chi connectivity index (χ0n) is 11.1. The van der Waals surface area contributed by atoms with Crippen molar-refractivity contribution >= 4 is 43.4 Å². The number of hydrogen-bond acceptors (Lipinski definition) is 4. The van der Waals surface area contributed by atoms with Gasteiger partial charge in [-0.05, 0) is 38.3 Å². The summed E-state index contributed by atoms with van der Waals surface area (Å²) in [6.07, 6.45) is 0.568. The number of benzene rings is 1. The van der Waals surface area contributed by atoms with Gasteiger partial charge in [-0.15, -0.1) is 0 Å². The zero-order chi connectivity index (χ0) is 15.5. The van der Waals surface area contributed by atoms with Gasteiger partial charge in [-0.25, -0.2) is 0 Å². The van der Waals surface area contributed by atoms with Crippen LogP contribution in [0.25, 0.3) is 0 Å². The van der Waals surface area contributed by atoms with Gasteiger partial charge < -0.3 is 10.5 Å². The van der Waals surface area contributed by atoms with E-state index in [2.05, 4.69) is 31.9 Å². The topological polar surface area (TPSA) is 102 Å². The number of ether oxygens (including phenoxy) is 1. The minimum atomic E-state index is -0.474. The van der Waals surface area contributed by atoms with Crippen LogP contribution in [0.1, 0.15) is 20.3 Å². The molecule has 110 valence electrons. The van der Waals surface area contributed by atoms with Gasteiger partial charge in [0, 0.05) is 17.5 Å². The third kappa shape index (κ3) is 4.17. The first-order valence-electron chi connectivity index (χ1n) is 5.76. The van der Waals surface area contributed by atoms with Gasteiger partial charge in [0.1, 0.15) is 5.75 Å². The molecule has 0 aliphatic carbocycles. The number of nitro benzene ring substituents is 1. The Labute approximate surface area is 133 Å². The number of nitro groups is 1. The average Bonchev–Trinajstić information content (AvgIpc) is 2.31. The van der Waals surface area contributed by atoms with Gasteiger partial charge >= 0.3 is 0 Å². The van der Waals surface area contributed by atoms with Gasteiger partial charge in [0.05, 0.1) is 26.3 Å². The molecule has 0 saturated carbocycles. The molecule has 0 aliphatic rings. The highest BCUT2D eigenvalue weighted by Gasteiger charge is 2.22. The van der Waals surface area contributed by atoms with E-state index >= 15 is 0 Å². The highest BCUT2D eigenvalue weighted by Crippen LogP contribution is 2.37. The fourth-order valence-corrected chi connectivity index (χ4v) is 2.72. The van der Waals surface area contributed by atoms with Crippen LogP contribution in [-0.4, -0.2) is 17.4 Å². The SMILES string of the molecule is CC(C)(CCOc1c(Br)cc([N+](=O)[O-])cc1Br)C(=N)N. The first-order chi connectivity index (χ1) is 9.15. The van der Waals surface area contributed by atoms with Crippen molar-refractivity contribution in [2.45, 2.75) is 20.3 Å². The minimum Gasteiger partial charge on any atom is -0.491 e. The van der Waals surface area contributed by atoms with Gasteiger partial charge in [0.25, 0.3) is 5.69 Å². The Morgan fingerprint density at radius 2 is 1.95 bits per heavy atom. The van der Waals surface area contributed by atoms with E-state index in [-0.39, 0.29) is 11.5 Å². The van der Waals surface area contributed by atoms with Crippen molar-refractivity contribution in [2.75, 3.05) is 6.61 Å². The molecular weight excluding hydrogens is 394 g/mol. The smallest absolute Gasteiger partial charge is 0.271 e. The number of halogens is 2. The highest BCUT2D eigenvalue weighted by molar-refractivity contribution is 9.11. The summed E-state index contributed by atoms with van der Waals surface area (Å²) in [5, 5.41) is 18.2. The fourth-order valence-electron chi connectivity index (χ4n) is 1.33. The normalized spacial score (nSPS) is 11.2. The molecule has 3 N–H and O–H groups in total. The van der Waals surface area contributed by atoms with Crippen LogP contribution in [0.4, 0.5) is 5.69 Å². The van der Waals surface area contributed by atoms with Crippen LogP contribution in [0.5, 0.6) is 5.75 Å². The number of nitrogens with one attached hydrogen (secondary N) is 1. The molecule has 0 saturated heterocycles. The molecule has 0 fully saturated rings. The Bertz CT molecular complexity index is 524. The maximum atomic E-state index is 10.7. The van der Waals surface area contributed by atoms with Crippen molar-refractivity contribution in [1.29, 1.82) is 5.41 Å². The molecule has 1 aromatic carbocycles. The lowest BCUT2D eigenvalue weighted by atomic mass is 9.88. The molecule has 0 aromatic heterocycles. The van der Waals surface area contributed by atoms with E-state index in [1.54, 1.807) is 0 Å². The first-order valence-corrected chi connectivity index (χ1v) is 7.34. The highest BCUT2D eigenvalue weighted by atomic mass is 79.9. The molecule has 0 bridgehead atoms. The van der Waals surface area contributed by atoms with Gasteiger partial charge in [-0.3, -0.25) is 15.5 Å². The van der Waals surface area contributed by atoms with Crippen molar-refractivity contribution in [1.82, 2.24) is 0 Å². The largest absolute Gasteiger partial charge is 0.491 e. The van der Waals surface area contributed by atoms with Crippen LogP contribution < -0.4 is 10.5 Å². The number of nitrogens with zero attached hydrogens (tertiary/aromatic N) is 1. The van der Waals surface area contributed by atoms with E-state index in [0.29, 0.717) is 27.7 Å². The van der Waals surface area contributed by atoms with Crippen LogP contribution in [0, 0.1) is 20.9 Å². The Morgan fingerprint density at radius 1 is 1.45 bits per heavy atom. The van der Waals surface area contributed by atoms with Crippen molar-refractivity contribution in [2.24, 2.45) is 11.1 Å². The zero-order valence-corrected chi connectivity index (χ0v) is 14.2. The van der Waals surface area contributed by atoms with Crippen LogP contribution in [-0.2, 0) is 0 Å². The van der Waals surface area contributed by atoms with E-state index < -0.39 is 10.3 Å². The molecule has 0 amide bonds. The quantitative estimate of drug-likeness (QED) is 0.323. The van der Waals surface area contributed by atoms with E-state index in [0.717, 1.165) is 0 Å². The van der Waals surface area contributed by atoms with Crippen molar-refractivity contribution in [3.8, 4) is 5.75 Å². The lowest BCUT2D eigenvalue weighted by molar-refractivity contribution is -0.385. The molecule has 20 heavy (non-hydrogen) atoms. The van der Waals surface area contributed by atoms with Gasteiger partial charge in [-0.2, -0.15) is 0 Å². The van der Waals surface area contributed by atoms with Crippen LogP contribution in [0.2, 0.25) is 0 Å². The van der Waals surface area contributed by atoms with E-state index in [4.69, 9.17) is 15.9 Å². The molecule has 0 aliphatic heterocycles. The van der Waals surface area contributed by atoms with Gasteiger partial charge in [0.2, 0.25) is 0 Å². The molecule has 0 unspecified atom stereocenters. The summed E-state index contributed by atoms with van der Waals surface area (Å²) in [5.41, 5.74) is 5.02. The van der Waals surface area contributed by atoms with Crippen molar-refractivity contribution in [3.63, 3.8) is 0 Å². The second-order valence-corrected chi connectivity index (χ2v) is 6.60. The van der Waals surface area contributed by atoms with E-state index in [9.17, 15) is 10.1 Å². The Hall–Kier alpha value is -1.15. The Kier molecular flexibility index (Phi) is 5.52. The summed E-state index contributed by atoms with van der Waals surface area (Å²) >= 11 is 6.50. The summed E-state index contributed by atoms with van der Waals surface area (Å²) in [6.45, 7) is 4.07. The third-order valence-corrected chi connectivity index (χ3v) is 4.07. The van der Waals surface area contributed by atoms with Crippen molar-refractivity contribution < 1.29 is 9.66 Å². The first kappa shape index (κ1) is 16.9. The predicted octanol–water partition coefficient (Wildman–Crippen LogP) is 3.85. The standard InChI is InChI=1S/C12H15Br2N3O3/c1-12(2,11(15)16)3-4-20-10-8(13)5-7(17(18)19)6-9(10)14/h5-6H,3-4H2,1-2H3,(H3,15,16). The number of nitrogens with two attached hydrogens (primary N) is 1. The van der Waals surface area contributed by atoms with Crippen molar-refractivity contribution in [3.05, 3.63) is 31.2 Å². The third-order valence-electron chi connectivity index (χ3n) is 2.90. The lowest BCUT2D eigenvalue weighted by Crippen LogP contribution is -2.32. The molecule has 0 spiro atoms. The summed E-state index contributed by atoms with van der Waals surface area (Å²) in [4.78, 5) is 10.2. The number of amidine groups is 1. The molecule has 1 rings (SSSR count). The molecular formula is C12H15Br2N3O3. The molecule has 8 heteroatoms. The lowest BCUT2D eigenvalue weighted by Gasteiger charge is -2.23. The Balaban J connectivity index is 2.80. The Morgan fingerprint density at radius 3 is 2.35 bits per heavy atom. The predicted molar refractivity (Wildman–Crippen MR) is 84.3 cm³/mol. The second-order valence-electron chi connectivity index (χ2n) is 4.89. The summed E-state index contributed by atoms with van der Waals surface area (Å²) < 4.78 is 6.62. The van der Waals surface area contributed by atoms with Crippen LogP contribution in [0.3, 0.4) is 0 Å². The van der Waals surface area contributed by atoms with Gasteiger partial charge in [0.15, 0.2) is 0 Å². The summed E-state index contributed by atoms with van der Waals surface area (Å²) in [5.74, 6) is 0.595. The number of non-ortho nitro benzene ring substituents is 1. The second kappa shape index (κ2) is 6.53. The van der Waals surface area contributed by atoms with Crippen LogP contribution in [0.15, 0.2) is 21.1 Å². The number of rotatable bonds is 6. The molecule has 6 nitrogen and oxygen atoms in total. The molecule has 0 radical (unpaired) electrons. The minimum absolute atomic E-state index is 0.0276.